The highest BCUT2D eigenvalue weighted by atomic mass is 32.1. The summed E-state index contributed by atoms with van der Waals surface area (Å²) >= 11 is 11.8. The predicted octanol–water partition coefficient (Wildman–Crippen LogP) is -0.745. The minimum Gasteiger partial charge on any atom is -0.480 e. The van der Waals surface area contributed by atoms with E-state index in [1.807, 2.05) is 0 Å². The van der Waals surface area contributed by atoms with E-state index in [-0.39, 0.29) is 0 Å². The summed E-state index contributed by atoms with van der Waals surface area (Å²) in [4.78, 5) is 33.8. The average Bonchev–Trinajstić information content (AvgIpc) is 2.56. The first-order valence-electron chi connectivity index (χ1n) is 7.47. The van der Waals surface area contributed by atoms with Gasteiger partial charge in [-0.2, -0.15) is 37.9 Å². The van der Waals surface area contributed by atoms with Crippen molar-refractivity contribution in [3.05, 3.63) is 0 Å². The Morgan fingerprint density at radius 1 is 0.615 bits per heavy atom. The molecule has 0 radical (unpaired) electrons. The maximum atomic E-state index is 11.3. The van der Waals surface area contributed by atoms with Gasteiger partial charge in [0.25, 0.3) is 0 Å². The van der Waals surface area contributed by atoms with E-state index in [9.17, 15) is 45.0 Å². The van der Waals surface area contributed by atoms with Gasteiger partial charge in [-0.15, -0.1) is 0 Å². The van der Waals surface area contributed by atoms with Gasteiger partial charge in [0.2, 0.25) is 0 Å². The lowest BCUT2D eigenvalue weighted by molar-refractivity contribution is -0.146. The molecule has 0 saturated carbocycles. The van der Waals surface area contributed by atoms with Gasteiger partial charge in [-0.3, -0.25) is 14.4 Å². The molecule has 6 N–H and O–H groups in total. The zero-order valence-electron chi connectivity index (χ0n) is 13.7. The lowest BCUT2D eigenvalue weighted by Gasteiger charge is -2.50. The monoisotopic (exact) mass is 432 g/mol. The molecule has 0 aliphatic rings. The van der Waals surface area contributed by atoms with E-state index in [1.54, 1.807) is 0 Å². The Balaban J connectivity index is 6.41. The van der Waals surface area contributed by atoms with Crippen LogP contribution >= 0.6 is 37.9 Å². The number of aliphatic carboxylic acids is 3. The van der Waals surface area contributed by atoms with Crippen LogP contribution in [0, 0.1) is 10.8 Å². The molecule has 0 bridgehead atoms. The molecule has 0 aromatic rings. The van der Waals surface area contributed by atoms with E-state index in [0.29, 0.717) is 0 Å². The maximum Gasteiger partial charge on any atom is 0.316 e. The molecular weight excluding hydrogens is 408 g/mol. The molecule has 152 valence electrons. The maximum absolute atomic E-state index is 11.3. The van der Waals surface area contributed by atoms with Crippen molar-refractivity contribution in [3.8, 4) is 0 Å². The largest absolute Gasteiger partial charge is 0.480 e. The first kappa shape index (κ1) is 25.3. The molecule has 0 aliphatic carbocycles. The van der Waals surface area contributed by atoms with Crippen LogP contribution in [0.1, 0.15) is 19.3 Å². The van der Waals surface area contributed by atoms with Crippen LogP contribution in [-0.4, -0.2) is 84.1 Å². The topological polar surface area (TPSA) is 173 Å². The predicted molar refractivity (Wildman–Crippen MR) is 101 cm³/mol. The summed E-state index contributed by atoms with van der Waals surface area (Å²) in [5.74, 6) is -4.09. The van der Waals surface area contributed by atoms with Gasteiger partial charge in [0.05, 0.1) is 35.6 Å². The van der Waals surface area contributed by atoms with Gasteiger partial charge in [-0.05, 0) is 24.7 Å². The Morgan fingerprint density at radius 3 is 1.00 bits per heavy atom. The molecule has 9 nitrogen and oxygen atoms in total. The molecular formula is C14H24O9S3. The number of carboxylic acids is 3. The fourth-order valence-electron chi connectivity index (χ4n) is 2.92. The van der Waals surface area contributed by atoms with Gasteiger partial charge in [-0.1, -0.05) is 0 Å². The van der Waals surface area contributed by atoms with Crippen LogP contribution in [0.2, 0.25) is 0 Å². The third-order valence-corrected chi connectivity index (χ3v) is 5.85. The van der Waals surface area contributed by atoms with Crippen LogP contribution in [0.25, 0.3) is 0 Å². The number of aliphatic hydroxyl groups excluding tert-OH is 3. The van der Waals surface area contributed by atoms with Crippen LogP contribution in [0.3, 0.4) is 0 Å². The number of hydrogen-bond acceptors (Lipinski definition) is 9. The molecule has 0 saturated heterocycles. The molecule has 0 spiro atoms. The van der Waals surface area contributed by atoms with Crippen molar-refractivity contribution < 1.29 is 45.0 Å². The highest BCUT2D eigenvalue weighted by Gasteiger charge is 2.54. The van der Waals surface area contributed by atoms with E-state index in [1.165, 1.54) is 0 Å². The SMILES string of the molecule is O=C(O)C(S)CC(CC(S)C(=O)O)(CC(S)C(=O)O)C(CO)(CO)CO. The Hall–Kier alpha value is -0.660. The fourth-order valence-corrected chi connectivity index (χ4v) is 3.97. The molecule has 26 heavy (non-hydrogen) atoms. The molecule has 3 unspecified atom stereocenters. The molecule has 0 aliphatic heterocycles. The molecule has 0 aromatic heterocycles. The molecule has 0 amide bonds. The highest BCUT2D eigenvalue weighted by molar-refractivity contribution is 7.82. The first-order chi connectivity index (χ1) is 11.9. The summed E-state index contributed by atoms with van der Waals surface area (Å²) in [5, 5.41) is 52.9. The number of aliphatic hydroxyl groups is 3. The van der Waals surface area contributed by atoms with Crippen molar-refractivity contribution in [1.29, 1.82) is 0 Å². The highest BCUT2D eigenvalue weighted by Crippen LogP contribution is 2.51. The number of rotatable bonds is 13. The Morgan fingerprint density at radius 2 is 0.846 bits per heavy atom. The summed E-state index contributed by atoms with van der Waals surface area (Å²) in [6, 6.07) is 0. The molecule has 12 heteroatoms. The molecule has 0 heterocycles. The summed E-state index contributed by atoms with van der Waals surface area (Å²) in [5.41, 5.74) is -3.43. The van der Waals surface area contributed by atoms with Crippen LogP contribution < -0.4 is 0 Å². The second-order valence-electron chi connectivity index (χ2n) is 6.21. The number of hydrogen-bond donors (Lipinski definition) is 9. The van der Waals surface area contributed by atoms with Crippen molar-refractivity contribution in [2.24, 2.45) is 10.8 Å². The Bertz CT molecular complexity index is 447. The summed E-state index contributed by atoms with van der Waals surface area (Å²) in [7, 11) is 0. The van der Waals surface area contributed by atoms with Crippen molar-refractivity contribution in [2.45, 2.75) is 35.0 Å². The van der Waals surface area contributed by atoms with Crippen LogP contribution in [0.15, 0.2) is 0 Å². The minimum absolute atomic E-state index is 0.429. The zero-order valence-corrected chi connectivity index (χ0v) is 16.4. The molecule has 0 fully saturated rings. The van der Waals surface area contributed by atoms with E-state index < -0.39 is 83.6 Å². The standard InChI is InChI=1S/C14H24O9S3/c15-4-14(5-16,6-17)13(1-7(24)10(18)19,2-8(25)11(20)21)3-9(26)12(22)23/h7-9,15-17,24-26H,1-6H2,(H,18,19)(H,20,21)(H,22,23). The first-order valence-corrected chi connectivity index (χ1v) is 9.02. The quantitative estimate of drug-likeness (QED) is 0.170. The van der Waals surface area contributed by atoms with E-state index in [2.05, 4.69) is 37.9 Å². The summed E-state index contributed by atoms with van der Waals surface area (Å²) < 4.78 is 0. The summed E-state index contributed by atoms with van der Waals surface area (Å²) in [6.07, 6.45) is -1.29. The van der Waals surface area contributed by atoms with Crippen LogP contribution in [0.4, 0.5) is 0 Å². The van der Waals surface area contributed by atoms with Crippen LogP contribution in [-0.2, 0) is 14.4 Å². The second kappa shape index (κ2) is 10.6. The van der Waals surface area contributed by atoms with Crippen molar-refractivity contribution in [1.82, 2.24) is 0 Å². The normalized spacial score (nSPS) is 17.8. The lowest BCUT2D eigenvalue weighted by Crippen LogP contribution is -2.55. The van der Waals surface area contributed by atoms with Gasteiger partial charge in [-0.25, -0.2) is 0 Å². The van der Waals surface area contributed by atoms with E-state index in [0.717, 1.165) is 0 Å². The molecule has 0 rings (SSSR count). The van der Waals surface area contributed by atoms with Crippen molar-refractivity contribution in [3.63, 3.8) is 0 Å². The van der Waals surface area contributed by atoms with E-state index >= 15 is 0 Å². The Kier molecular flexibility index (Phi) is 10.3. The lowest BCUT2D eigenvalue weighted by atomic mass is 9.57. The smallest absolute Gasteiger partial charge is 0.316 e. The average molecular weight is 433 g/mol. The zero-order chi connectivity index (χ0) is 20.7. The molecule has 0 aromatic carbocycles. The number of carbonyl (C=O) groups is 3. The van der Waals surface area contributed by atoms with Gasteiger partial charge < -0.3 is 30.6 Å². The van der Waals surface area contributed by atoms with Crippen molar-refractivity contribution >= 4 is 55.8 Å². The summed E-state index contributed by atoms with van der Waals surface area (Å²) in [6.45, 7) is -2.54. The minimum atomic E-state index is -1.78. The van der Waals surface area contributed by atoms with Gasteiger partial charge in [0, 0.05) is 5.41 Å². The third kappa shape index (κ3) is 5.92. The van der Waals surface area contributed by atoms with Gasteiger partial charge >= 0.3 is 17.9 Å². The Labute approximate surface area is 166 Å². The van der Waals surface area contributed by atoms with Gasteiger partial charge in [0.1, 0.15) is 0 Å². The van der Waals surface area contributed by atoms with Crippen LogP contribution in [0.5, 0.6) is 0 Å². The van der Waals surface area contributed by atoms with Gasteiger partial charge in [0.15, 0.2) is 0 Å². The number of thiol groups is 3. The van der Waals surface area contributed by atoms with Crippen molar-refractivity contribution in [2.75, 3.05) is 19.8 Å². The molecule has 3 atom stereocenters. The third-order valence-electron chi connectivity index (χ3n) is 4.64. The second-order valence-corrected chi connectivity index (χ2v) is 8.08. The van der Waals surface area contributed by atoms with E-state index in [4.69, 9.17) is 0 Å². The fraction of sp³-hybridized carbons (Fsp3) is 0.786. The number of carboxylic acid groups (broad SMARTS) is 3.